The summed E-state index contributed by atoms with van der Waals surface area (Å²) in [5.74, 6) is 2.20. The number of anilines is 1. The van der Waals surface area contributed by atoms with Crippen LogP contribution in [-0.4, -0.2) is 24.1 Å². The van der Waals surface area contributed by atoms with Crippen LogP contribution in [0.4, 0.5) is 5.82 Å². The Morgan fingerprint density at radius 3 is 2.52 bits per heavy atom. The summed E-state index contributed by atoms with van der Waals surface area (Å²) in [6.45, 7) is 0. The van der Waals surface area contributed by atoms with Crippen molar-refractivity contribution < 1.29 is 4.74 Å². The van der Waals surface area contributed by atoms with Crippen LogP contribution in [0.5, 0.6) is 0 Å². The van der Waals surface area contributed by atoms with Crippen LogP contribution >= 0.6 is 22.6 Å². The second kappa shape index (κ2) is 6.27. The van der Waals surface area contributed by atoms with Crippen LogP contribution in [0.2, 0.25) is 0 Å². The molecule has 0 radical (unpaired) electrons. The zero-order valence-electron chi connectivity index (χ0n) is 12.1. The number of rotatable bonds is 5. The molecule has 1 aromatic carbocycles. The van der Waals surface area contributed by atoms with Gasteiger partial charge < -0.3 is 10.1 Å². The molecule has 1 aliphatic carbocycles. The molecule has 0 aliphatic heterocycles. The van der Waals surface area contributed by atoms with E-state index in [2.05, 4.69) is 45.0 Å². The summed E-state index contributed by atoms with van der Waals surface area (Å²) < 4.78 is 6.67. The van der Waals surface area contributed by atoms with Gasteiger partial charge in [0.15, 0.2) is 5.82 Å². The second-order valence-corrected chi connectivity index (χ2v) is 6.28. The highest BCUT2D eigenvalue weighted by Crippen LogP contribution is 2.43. The fraction of sp³-hybridized carbons (Fsp3) is 0.375. The Morgan fingerprint density at radius 1 is 1.24 bits per heavy atom. The molecule has 4 nitrogen and oxygen atoms in total. The molecular weight excluding hydrogens is 377 g/mol. The predicted octanol–water partition coefficient (Wildman–Crippen LogP) is 3.89. The first-order chi connectivity index (χ1) is 10.2. The number of halogens is 1. The maximum absolute atomic E-state index is 5.64. The van der Waals surface area contributed by atoms with Crippen molar-refractivity contribution in [1.29, 1.82) is 0 Å². The van der Waals surface area contributed by atoms with Crippen LogP contribution in [0, 0.1) is 9.49 Å². The number of hydrogen-bond donors (Lipinski definition) is 1. The van der Waals surface area contributed by atoms with Gasteiger partial charge in [-0.25, -0.2) is 9.97 Å². The Morgan fingerprint density at radius 2 is 1.95 bits per heavy atom. The molecular formula is C16H18IN3O. The molecule has 0 saturated heterocycles. The Hall–Kier alpha value is -1.21. The van der Waals surface area contributed by atoms with E-state index < -0.39 is 0 Å². The number of nitrogens with zero attached hydrogens (tertiary/aromatic N) is 2. The Labute approximate surface area is 138 Å². The standard InChI is InChI=1S/C16H18IN3O/c1-18-15-12(17)13(10-6-4-3-5-7-10)19-16(20-15)14(21-2)11-8-9-11/h3-7,11,14H,8-9H2,1-2H3,(H,18,19,20). The minimum atomic E-state index is -0.00318. The first-order valence-electron chi connectivity index (χ1n) is 7.08. The molecule has 1 heterocycles. The zero-order valence-corrected chi connectivity index (χ0v) is 14.3. The molecule has 1 fully saturated rings. The third-order valence-corrected chi connectivity index (χ3v) is 4.73. The quantitative estimate of drug-likeness (QED) is 0.781. The van der Waals surface area contributed by atoms with Crippen LogP contribution in [0.1, 0.15) is 24.8 Å². The van der Waals surface area contributed by atoms with Crippen molar-refractivity contribution in [3.8, 4) is 11.3 Å². The molecule has 1 unspecified atom stereocenters. The van der Waals surface area contributed by atoms with Crippen molar-refractivity contribution in [3.05, 3.63) is 39.7 Å². The molecule has 1 saturated carbocycles. The van der Waals surface area contributed by atoms with Gasteiger partial charge in [0.05, 0.1) is 9.26 Å². The molecule has 0 bridgehead atoms. The molecule has 0 amide bonds. The van der Waals surface area contributed by atoms with Gasteiger partial charge in [0, 0.05) is 19.7 Å². The number of hydrogen-bond acceptors (Lipinski definition) is 4. The molecule has 1 N–H and O–H groups in total. The molecule has 1 aromatic heterocycles. The summed E-state index contributed by atoms with van der Waals surface area (Å²) in [6, 6.07) is 10.2. The van der Waals surface area contributed by atoms with Crippen molar-refractivity contribution >= 4 is 28.4 Å². The lowest BCUT2D eigenvalue weighted by atomic mass is 10.1. The average Bonchev–Trinajstić information content (AvgIpc) is 3.35. The summed E-state index contributed by atoms with van der Waals surface area (Å²) in [6.07, 6.45) is 2.39. The van der Waals surface area contributed by atoms with Crippen LogP contribution < -0.4 is 5.32 Å². The van der Waals surface area contributed by atoms with Crippen LogP contribution in [-0.2, 0) is 4.74 Å². The molecule has 21 heavy (non-hydrogen) atoms. The lowest BCUT2D eigenvalue weighted by Gasteiger charge is -2.17. The number of nitrogens with one attached hydrogen (secondary N) is 1. The Kier molecular flexibility index (Phi) is 4.40. The van der Waals surface area contributed by atoms with Crippen molar-refractivity contribution in [2.45, 2.75) is 18.9 Å². The molecule has 110 valence electrons. The Bertz CT molecular complexity index is 629. The first kappa shape index (κ1) is 14.7. The average molecular weight is 395 g/mol. The van der Waals surface area contributed by atoms with E-state index >= 15 is 0 Å². The van der Waals surface area contributed by atoms with Crippen molar-refractivity contribution in [3.63, 3.8) is 0 Å². The van der Waals surface area contributed by atoms with Crippen molar-refractivity contribution in [2.24, 2.45) is 5.92 Å². The number of aromatic nitrogens is 2. The monoisotopic (exact) mass is 395 g/mol. The van der Waals surface area contributed by atoms with Gasteiger partial charge in [-0.1, -0.05) is 30.3 Å². The summed E-state index contributed by atoms with van der Waals surface area (Å²) in [5.41, 5.74) is 2.07. The van der Waals surface area contributed by atoms with E-state index in [1.165, 1.54) is 12.8 Å². The van der Waals surface area contributed by atoms with Gasteiger partial charge in [-0.05, 0) is 41.4 Å². The predicted molar refractivity (Wildman–Crippen MR) is 92.2 cm³/mol. The second-order valence-electron chi connectivity index (χ2n) is 5.20. The Balaban J connectivity index is 2.10. The SMILES string of the molecule is CNc1nc(C(OC)C2CC2)nc(-c2ccccc2)c1I. The summed E-state index contributed by atoms with van der Waals surface area (Å²) in [5, 5.41) is 3.17. The molecule has 5 heteroatoms. The topological polar surface area (TPSA) is 47.0 Å². The fourth-order valence-electron chi connectivity index (χ4n) is 2.45. The van der Waals surface area contributed by atoms with E-state index in [9.17, 15) is 0 Å². The number of methoxy groups -OCH3 is 1. The summed E-state index contributed by atoms with van der Waals surface area (Å²) in [4.78, 5) is 9.45. The molecule has 1 aliphatic rings. The normalized spacial score (nSPS) is 15.8. The van der Waals surface area contributed by atoms with Gasteiger partial charge in [0.1, 0.15) is 11.9 Å². The fourth-order valence-corrected chi connectivity index (χ4v) is 3.27. The van der Waals surface area contributed by atoms with E-state index in [0.717, 1.165) is 26.5 Å². The van der Waals surface area contributed by atoms with E-state index in [1.54, 1.807) is 7.11 Å². The van der Waals surface area contributed by atoms with E-state index in [0.29, 0.717) is 5.92 Å². The highest BCUT2D eigenvalue weighted by molar-refractivity contribution is 14.1. The zero-order chi connectivity index (χ0) is 14.8. The lowest BCUT2D eigenvalue weighted by molar-refractivity contribution is 0.0774. The van der Waals surface area contributed by atoms with Crippen molar-refractivity contribution in [2.75, 3.05) is 19.5 Å². The highest BCUT2D eigenvalue weighted by Gasteiger charge is 2.35. The minimum Gasteiger partial charge on any atom is -0.373 e. The molecule has 3 rings (SSSR count). The minimum absolute atomic E-state index is 0.00318. The molecule has 2 aromatic rings. The largest absolute Gasteiger partial charge is 0.373 e. The van der Waals surface area contributed by atoms with E-state index in [1.807, 2.05) is 25.2 Å². The lowest BCUT2D eigenvalue weighted by Crippen LogP contribution is -2.12. The maximum atomic E-state index is 5.64. The third-order valence-electron chi connectivity index (χ3n) is 3.71. The van der Waals surface area contributed by atoms with Gasteiger partial charge in [-0.2, -0.15) is 0 Å². The van der Waals surface area contributed by atoms with Crippen LogP contribution in [0.3, 0.4) is 0 Å². The van der Waals surface area contributed by atoms with Crippen molar-refractivity contribution in [1.82, 2.24) is 9.97 Å². The number of ether oxygens (including phenoxy) is 1. The highest BCUT2D eigenvalue weighted by atomic mass is 127. The molecule has 1 atom stereocenters. The first-order valence-corrected chi connectivity index (χ1v) is 8.16. The smallest absolute Gasteiger partial charge is 0.160 e. The van der Waals surface area contributed by atoms with E-state index in [-0.39, 0.29) is 6.10 Å². The molecule has 0 spiro atoms. The van der Waals surface area contributed by atoms with Gasteiger partial charge in [-0.15, -0.1) is 0 Å². The maximum Gasteiger partial charge on any atom is 0.160 e. The van der Waals surface area contributed by atoms with Gasteiger partial charge in [-0.3, -0.25) is 0 Å². The van der Waals surface area contributed by atoms with Crippen LogP contribution in [0.25, 0.3) is 11.3 Å². The van der Waals surface area contributed by atoms with Gasteiger partial charge >= 0.3 is 0 Å². The van der Waals surface area contributed by atoms with E-state index in [4.69, 9.17) is 9.72 Å². The van der Waals surface area contributed by atoms with Gasteiger partial charge in [0.25, 0.3) is 0 Å². The third kappa shape index (κ3) is 3.03. The summed E-state index contributed by atoms with van der Waals surface area (Å²) >= 11 is 2.30. The summed E-state index contributed by atoms with van der Waals surface area (Å²) in [7, 11) is 3.63. The number of benzene rings is 1. The van der Waals surface area contributed by atoms with Crippen LogP contribution in [0.15, 0.2) is 30.3 Å². The van der Waals surface area contributed by atoms with Gasteiger partial charge in [0.2, 0.25) is 0 Å².